The van der Waals surface area contributed by atoms with E-state index in [2.05, 4.69) is 15.6 Å². The quantitative estimate of drug-likeness (QED) is 0.331. The van der Waals surface area contributed by atoms with Crippen molar-refractivity contribution in [3.05, 3.63) is 104 Å². The van der Waals surface area contributed by atoms with Gasteiger partial charge in [0.05, 0.1) is 23.9 Å². The Balaban J connectivity index is 1.72. The van der Waals surface area contributed by atoms with Crippen molar-refractivity contribution in [1.29, 1.82) is 0 Å². The van der Waals surface area contributed by atoms with Gasteiger partial charge in [-0.15, -0.1) is 0 Å². The van der Waals surface area contributed by atoms with E-state index in [1.165, 1.54) is 35.2 Å². The summed E-state index contributed by atoms with van der Waals surface area (Å²) in [6.07, 6.45) is 0. The number of urea groups is 1. The Morgan fingerprint density at radius 2 is 1.62 bits per heavy atom. The SMILES string of the molecule is CN1C(=O)NC(c2ccccc2)C(C(=O)O)=C1Cn1c(NCc2ccccc2)nc2c1c(=O)n(C)c(=O)n2C. The van der Waals surface area contributed by atoms with E-state index in [1.54, 1.807) is 30.3 Å². The number of rotatable bonds is 7. The van der Waals surface area contributed by atoms with Crippen molar-refractivity contribution in [3.63, 3.8) is 0 Å². The number of imidazole rings is 1. The summed E-state index contributed by atoms with van der Waals surface area (Å²) < 4.78 is 3.75. The Morgan fingerprint density at radius 3 is 2.26 bits per heavy atom. The maximum atomic E-state index is 13.3. The molecule has 1 unspecified atom stereocenters. The summed E-state index contributed by atoms with van der Waals surface area (Å²) >= 11 is 0. The minimum absolute atomic E-state index is 0.0409. The number of amides is 2. The van der Waals surface area contributed by atoms with Crippen molar-refractivity contribution >= 4 is 29.1 Å². The number of carbonyl (C=O) groups excluding carboxylic acids is 1. The van der Waals surface area contributed by atoms with Gasteiger partial charge >= 0.3 is 17.7 Å². The minimum atomic E-state index is -1.21. The van der Waals surface area contributed by atoms with Gasteiger partial charge in [-0.05, 0) is 11.1 Å². The summed E-state index contributed by atoms with van der Waals surface area (Å²) in [6, 6.07) is 16.9. The molecule has 4 aromatic rings. The lowest BCUT2D eigenvalue weighted by Crippen LogP contribution is -2.47. The number of likely N-dealkylation sites (N-methyl/N-ethyl adjacent to an activating group) is 1. The number of nitrogens with one attached hydrogen (secondary N) is 2. The zero-order valence-corrected chi connectivity index (χ0v) is 21.6. The lowest BCUT2D eigenvalue weighted by molar-refractivity contribution is -0.133. The second-order valence-corrected chi connectivity index (χ2v) is 9.26. The Kier molecular flexibility index (Phi) is 6.52. The number of allylic oxidation sites excluding steroid dienone is 1. The molecule has 0 saturated heterocycles. The highest BCUT2D eigenvalue weighted by molar-refractivity contribution is 5.94. The molecule has 0 fully saturated rings. The van der Waals surface area contributed by atoms with Crippen LogP contribution in [0.5, 0.6) is 0 Å². The molecule has 12 heteroatoms. The molecule has 0 radical (unpaired) electrons. The van der Waals surface area contributed by atoms with E-state index in [-0.39, 0.29) is 34.9 Å². The molecule has 3 N–H and O–H groups in total. The molecule has 2 amide bonds. The smallest absolute Gasteiger partial charge is 0.335 e. The zero-order valence-electron chi connectivity index (χ0n) is 21.6. The summed E-state index contributed by atoms with van der Waals surface area (Å²) in [5, 5.41) is 16.3. The molecule has 12 nitrogen and oxygen atoms in total. The molecule has 1 aliphatic rings. The molecule has 2 aromatic carbocycles. The van der Waals surface area contributed by atoms with Gasteiger partial charge in [0.1, 0.15) is 0 Å². The molecule has 0 spiro atoms. The number of carboxylic acid groups (broad SMARTS) is 1. The summed E-state index contributed by atoms with van der Waals surface area (Å²) in [6.45, 7) is 0.183. The van der Waals surface area contributed by atoms with E-state index in [0.717, 1.165) is 10.1 Å². The first-order chi connectivity index (χ1) is 18.7. The van der Waals surface area contributed by atoms with Crippen LogP contribution in [-0.2, 0) is 32.0 Å². The zero-order chi connectivity index (χ0) is 27.8. The van der Waals surface area contributed by atoms with Crippen LogP contribution in [-0.4, -0.2) is 47.7 Å². The summed E-state index contributed by atoms with van der Waals surface area (Å²) in [4.78, 5) is 57.4. The van der Waals surface area contributed by atoms with Gasteiger partial charge in [-0.1, -0.05) is 60.7 Å². The van der Waals surface area contributed by atoms with Crippen molar-refractivity contribution < 1.29 is 14.7 Å². The average molecular weight is 530 g/mol. The first-order valence-corrected chi connectivity index (χ1v) is 12.2. The van der Waals surface area contributed by atoms with E-state index in [1.807, 2.05) is 30.3 Å². The van der Waals surface area contributed by atoms with Crippen molar-refractivity contribution in [3.8, 4) is 0 Å². The van der Waals surface area contributed by atoms with Crippen molar-refractivity contribution in [2.45, 2.75) is 19.1 Å². The highest BCUT2D eigenvalue weighted by atomic mass is 16.4. The number of nitrogens with zero attached hydrogens (tertiary/aromatic N) is 5. The molecule has 0 bridgehead atoms. The topological polar surface area (TPSA) is 143 Å². The fraction of sp³-hybridized carbons (Fsp3) is 0.222. The Morgan fingerprint density at radius 1 is 0.974 bits per heavy atom. The van der Waals surface area contributed by atoms with Crippen LogP contribution in [0.2, 0.25) is 0 Å². The molecule has 200 valence electrons. The van der Waals surface area contributed by atoms with Crippen molar-refractivity contribution in [1.82, 2.24) is 28.9 Å². The normalized spacial score (nSPS) is 15.5. The maximum absolute atomic E-state index is 13.3. The van der Waals surface area contributed by atoms with Crippen LogP contribution in [0.25, 0.3) is 11.2 Å². The van der Waals surface area contributed by atoms with E-state index < -0.39 is 29.3 Å². The van der Waals surface area contributed by atoms with Gasteiger partial charge < -0.3 is 15.7 Å². The van der Waals surface area contributed by atoms with Crippen LogP contribution >= 0.6 is 0 Å². The fourth-order valence-corrected chi connectivity index (χ4v) is 4.76. The van der Waals surface area contributed by atoms with Crippen molar-refractivity contribution in [2.75, 3.05) is 12.4 Å². The predicted octanol–water partition coefficient (Wildman–Crippen LogP) is 1.78. The Bertz CT molecular complexity index is 1740. The fourth-order valence-electron chi connectivity index (χ4n) is 4.76. The second-order valence-electron chi connectivity index (χ2n) is 9.26. The van der Waals surface area contributed by atoms with Crippen molar-refractivity contribution in [2.24, 2.45) is 14.1 Å². The molecule has 2 aromatic heterocycles. The van der Waals surface area contributed by atoms with Gasteiger partial charge in [-0.25, -0.2) is 14.4 Å². The molecule has 1 aliphatic heterocycles. The molecular weight excluding hydrogens is 502 g/mol. The standard InChI is InChI=1S/C27H27N7O5/c1-31-18(19(24(36)37)20(29-26(31)38)17-12-8-5-9-13-17)15-34-21-22(32(2)27(39)33(3)23(21)35)30-25(34)28-14-16-10-6-4-7-11-16/h4-13,20H,14-15H2,1-3H3,(H,28,30)(H,29,38)(H,36,37). The molecule has 0 saturated carbocycles. The number of carbonyl (C=O) groups is 2. The lowest BCUT2D eigenvalue weighted by atomic mass is 9.94. The second kappa shape index (κ2) is 9.97. The maximum Gasteiger partial charge on any atom is 0.335 e. The average Bonchev–Trinajstić information content (AvgIpc) is 3.30. The van der Waals surface area contributed by atoms with E-state index in [0.29, 0.717) is 12.1 Å². The van der Waals surface area contributed by atoms with Crippen LogP contribution in [0, 0.1) is 0 Å². The van der Waals surface area contributed by atoms with Crippen LogP contribution in [0.3, 0.4) is 0 Å². The summed E-state index contributed by atoms with van der Waals surface area (Å²) in [5.74, 6) is -0.964. The number of aromatic nitrogens is 4. The molecular formula is C27H27N7O5. The highest BCUT2D eigenvalue weighted by Gasteiger charge is 2.36. The summed E-state index contributed by atoms with van der Waals surface area (Å²) in [5.41, 5.74) is 0.788. The van der Waals surface area contributed by atoms with E-state index in [4.69, 9.17) is 0 Å². The number of benzene rings is 2. The highest BCUT2D eigenvalue weighted by Crippen LogP contribution is 2.32. The number of anilines is 1. The van der Waals surface area contributed by atoms with Gasteiger partial charge in [-0.2, -0.15) is 4.98 Å². The monoisotopic (exact) mass is 529 g/mol. The van der Waals surface area contributed by atoms with Crippen LogP contribution in [0.15, 0.2) is 81.5 Å². The number of fused-ring (bicyclic) bond motifs is 1. The third kappa shape index (κ3) is 4.45. The number of carboxylic acids is 1. The van der Waals surface area contributed by atoms with Gasteiger partial charge in [0.15, 0.2) is 11.2 Å². The number of hydrogen-bond acceptors (Lipinski definition) is 6. The van der Waals surface area contributed by atoms with Crippen LogP contribution < -0.4 is 21.9 Å². The number of aryl methyl sites for hydroxylation is 1. The largest absolute Gasteiger partial charge is 0.478 e. The van der Waals surface area contributed by atoms with Gasteiger partial charge in [0.25, 0.3) is 5.56 Å². The molecule has 0 aliphatic carbocycles. The van der Waals surface area contributed by atoms with Gasteiger partial charge in [0, 0.05) is 27.7 Å². The lowest BCUT2D eigenvalue weighted by Gasteiger charge is -2.34. The van der Waals surface area contributed by atoms with E-state index in [9.17, 15) is 24.3 Å². The minimum Gasteiger partial charge on any atom is -0.478 e. The predicted molar refractivity (Wildman–Crippen MR) is 144 cm³/mol. The first-order valence-electron chi connectivity index (χ1n) is 12.2. The third-order valence-electron chi connectivity index (χ3n) is 6.89. The summed E-state index contributed by atoms with van der Waals surface area (Å²) in [7, 11) is 4.35. The van der Waals surface area contributed by atoms with Gasteiger partial charge in [-0.3, -0.25) is 23.4 Å². The first kappa shape index (κ1) is 25.5. The molecule has 39 heavy (non-hydrogen) atoms. The molecule has 3 heterocycles. The Hall–Kier alpha value is -5.13. The number of hydrogen-bond donors (Lipinski definition) is 3. The van der Waals surface area contributed by atoms with E-state index >= 15 is 0 Å². The Labute approximate surface area is 222 Å². The molecule has 1 atom stereocenters. The third-order valence-corrected chi connectivity index (χ3v) is 6.89. The van der Waals surface area contributed by atoms with Gasteiger partial charge in [0.2, 0.25) is 5.95 Å². The molecule has 5 rings (SSSR count). The van der Waals surface area contributed by atoms with Crippen LogP contribution in [0.4, 0.5) is 10.7 Å². The van der Waals surface area contributed by atoms with Crippen LogP contribution in [0.1, 0.15) is 17.2 Å². The number of aliphatic carboxylic acids is 1.